The van der Waals surface area contributed by atoms with E-state index in [1.54, 1.807) is 0 Å². The van der Waals surface area contributed by atoms with Gasteiger partial charge in [0.25, 0.3) is 0 Å². The van der Waals surface area contributed by atoms with Crippen LogP contribution in [0.15, 0.2) is 22.7 Å². The highest BCUT2D eigenvalue weighted by atomic mass is 79.9. The van der Waals surface area contributed by atoms with Crippen LogP contribution in [0.1, 0.15) is 11.1 Å². The molecular weight excluding hydrogens is 264 g/mol. The maximum absolute atomic E-state index is 3.59. The molecular formula is C13H19BrN2. The van der Waals surface area contributed by atoms with Gasteiger partial charge >= 0.3 is 0 Å². The van der Waals surface area contributed by atoms with Crippen molar-refractivity contribution in [1.82, 2.24) is 10.2 Å². The topological polar surface area (TPSA) is 15.3 Å². The fourth-order valence-electron chi connectivity index (χ4n) is 2.18. The summed E-state index contributed by atoms with van der Waals surface area (Å²) < 4.78 is 1.22. The molecule has 0 spiro atoms. The third-order valence-electron chi connectivity index (χ3n) is 3.18. The summed E-state index contributed by atoms with van der Waals surface area (Å²) in [6, 6.07) is 7.25. The Hall–Kier alpha value is -0.380. The highest BCUT2D eigenvalue weighted by molar-refractivity contribution is 9.10. The number of piperazine rings is 1. The Morgan fingerprint density at radius 2 is 2.31 bits per heavy atom. The van der Waals surface area contributed by atoms with E-state index in [9.17, 15) is 0 Å². The summed E-state index contributed by atoms with van der Waals surface area (Å²) in [7, 11) is 2.19. The van der Waals surface area contributed by atoms with E-state index < -0.39 is 0 Å². The van der Waals surface area contributed by atoms with Crippen molar-refractivity contribution in [3.8, 4) is 0 Å². The van der Waals surface area contributed by atoms with Gasteiger partial charge in [0.05, 0.1) is 0 Å². The van der Waals surface area contributed by atoms with Crippen LogP contribution in [0.3, 0.4) is 0 Å². The minimum absolute atomic E-state index is 0.591. The molecule has 88 valence electrons. The average molecular weight is 283 g/mol. The van der Waals surface area contributed by atoms with Crippen molar-refractivity contribution in [3.05, 3.63) is 33.8 Å². The first-order chi connectivity index (χ1) is 7.65. The second-order valence-corrected chi connectivity index (χ2v) is 5.56. The van der Waals surface area contributed by atoms with Gasteiger partial charge in [0.1, 0.15) is 0 Å². The summed E-state index contributed by atoms with van der Waals surface area (Å²) in [4.78, 5) is 2.39. The van der Waals surface area contributed by atoms with Crippen LogP contribution in [0.25, 0.3) is 0 Å². The van der Waals surface area contributed by atoms with Crippen molar-refractivity contribution in [1.29, 1.82) is 0 Å². The van der Waals surface area contributed by atoms with Gasteiger partial charge < -0.3 is 10.2 Å². The van der Waals surface area contributed by atoms with Crippen LogP contribution in [0, 0.1) is 6.92 Å². The van der Waals surface area contributed by atoms with E-state index in [0.29, 0.717) is 6.04 Å². The quantitative estimate of drug-likeness (QED) is 0.895. The number of hydrogen-bond acceptors (Lipinski definition) is 2. The van der Waals surface area contributed by atoms with Crippen molar-refractivity contribution < 1.29 is 0 Å². The lowest BCUT2D eigenvalue weighted by Gasteiger charge is -2.31. The smallest absolute Gasteiger partial charge is 0.0235 e. The summed E-state index contributed by atoms with van der Waals surface area (Å²) >= 11 is 3.59. The Balaban J connectivity index is 2.00. The molecule has 0 saturated carbocycles. The van der Waals surface area contributed by atoms with E-state index in [2.05, 4.69) is 58.3 Å². The number of aryl methyl sites for hydroxylation is 1. The number of halogens is 1. The Morgan fingerprint density at radius 3 is 3.00 bits per heavy atom. The molecule has 1 aliphatic heterocycles. The van der Waals surface area contributed by atoms with E-state index in [0.717, 1.165) is 26.1 Å². The van der Waals surface area contributed by atoms with Crippen molar-refractivity contribution >= 4 is 15.9 Å². The molecule has 1 saturated heterocycles. The Kier molecular flexibility index (Phi) is 4.00. The molecule has 1 unspecified atom stereocenters. The number of nitrogens with zero attached hydrogens (tertiary/aromatic N) is 1. The van der Waals surface area contributed by atoms with Gasteiger partial charge in [0.15, 0.2) is 0 Å². The lowest BCUT2D eigenvalue weighted by molar-refractivity contribution is 0.238. The molecule has 2 rings (SSSR count). The Bertz CT molecular complexity index is 365. The molecule has 0 aromatic heterocycles. The maximum atomic E-state index is 3.59. The number of hydrogen-bond donors (Lipinski definition) is 1. The van der Waals surface area contributed by atoms with Crippen molar-refractivity contribution in [2.24, 2.45) is 0 Å². The predicted molar refractivity (Wildman–Crippen MR) is 71.9 cm³/mol. The first kappa shape index (κ1) is 12.1. The zero-order valence-electron chi connectivity index (χ0n) is 9.96. The first-order valence-corrected chi connectivity index (χ1v) is 6.61. The SMILES string of the molecule is Cc1ccc(CC2CN(C)CCN2)cc1Br. The largest absolute Gasteiger partial charge is 0.311 e. The van der Waals surface area contributed by atoms with Crippen LogP contribution in [0.2, 0.25) is 0 Å². The van der Waals surface area contributed by atoms with Crippen molar-refractivity contribution in [3.63, 3.8) is 0 Å². The van der Waals surface area contributed by atoms with Gasteiger partial charge in [-0.2, -0.15) is 0 Å². The Morgan fingerprint density at radius 1 is 1.50 bits per heavy atom. The van der Waals surface area contributed by atoms with E-state index >= 15 is 0 Å². The minimum Gasteiger partial charge on any atom is -0.311 e. The van der Waals surface area contributed by atoms with Crippen LogP contribution in [0.4, 0.5) is 0 Å². The molecule has 2 nitrogen and oxygen atoms in total. The highest BCUT2D eigenvalue weighted by Gasteiger charge is 2.16. The molecule has 1 fully saturated rings. The van der Waals surface area contributed by atoms with Crippen LogP contribution >= 0.6 is 15.9 Å². The molecule has 1 aromatic rings. The Labute approximate surface area is 106 Å². The molecule has 0 amide bonds. The third-order valence-corrected chi connectivity index (χ3v) is 4.03. The van der Waals surface area contributed by atoms with E-state index in [-0.39, 0.29) is 0 Å². The minimum atomic E-state index is 0.591. The zero-order valence-corrected chi connectivity index (χ0v) is 11.5. The molecule has 1 atom stereocenters. The van der Waals surface area contributed by atoms with E-state index in [1.165, 1.54) is 15.6 Å². The van der Waals surface area contributed by atoms with Crippen LogP contribution in [-0.4, -0.2) is 37.6 Å². The summed E-state index contributed by atoms with van der Waals surface area (Å²) in [5.74, 6) is 0. The molecule has 0 aliphatic carbocycles. The lowest BCUT2D eigenvalue weighted by atomic mass is 10.0. The molecule has 1 aromatic carbocycles. The van der Waals surface area contributed by atoms with E-state index in [4.69, 9.17) is 0 Å². The third kappa shape index (κ3) is 3.06. The van der Waals surface area contributed by atoms with Crippen molar-refractivity contribution in [2.75, 3.05) is 26.7 Å². The molecule has 1 heterocycles. The standard InChI is InChI=1S/C13H19BrN2/c1-10-3-4-11(8-13(10)14)7-12-9-16(2)6-5-15-12/h3-4,8,12,15H,5-7,9H2,1-2H3. The lowest BCUT2D eigenvalue weighted by Crippen LogP contribution is -2.49. The molecule has 1 aliphatic rings. The average Bonchev–Trinajstić information content (AvgIpc) is 2.24. The fourth-order valence-corrected chi connectivity index (χ4v) is 2.60. The molecule has 0 bridgehead atoms. The van der Waals surface area contributed by atoms with Gasteiger partial charge in [0.2, 0.25) is 0 Å². The van der Waals surface area contributed by atoms with Crippen LogP contribution in [0.5, 0.6) is 0 Å². The molecule has 16 heavy (non-hydrogen) atoms. The van der Waals surface area contributed by atoms with Gasteiger partial charge in [-0.05, 0) is 37.6 Å². The maximum Gasteiger partial charge on any atom is 0.0235 e. The normalized spacial score (nSPS) is 22.3. The van der Waals surface area contributed by atoms with Gasteiger partial charge in [-0.1, -0.05) is 28.1 Å². The second-order valence-electron chi connectivity index (χ2n) is 4.70. The summed E-state index contributed by atoms with van der Waals surface area (Å²) in [6.45, 7) is 5.54. The molecule has 0 radical (unpaired) electrons. The first-order valence-electron chi connectivity index (χ1n) is 5.82. The van der Waals surface area contributed by atoms with Gasteiger partial charge in [-0.15, -0.1) is 0 Å². The van der Waals surface area contributed by atoms with Gasteiger partial charge in [-0.25, -0.2) is 0 Å². The van der Waals surface area contributed by atoms with Gasteiger partial charge in [-0.3, -0.25) is 0 Å². The van der Waals surface area contributed by atoms with Gasteiger partial charge in [0, 0.05) is 30.1 Å². The van der Waals surface area contributed by atoms with Crippen molar-refractivity contribution in [2.45, 2.75) is 19.4 Å². The summed E-state index contributed by atoms with van der Waals surface area (Å²) in [6.07, 6.45) is 1.11. The second kappa shape index (κ2) is 5.30. The monoisotopic (exact) mass is 282 g/mol. The summed E-state index contributed by atoms with van der Waals surface area (Å²) in [5, 5.41) is 3.58. The number of rotatable bonds is 2. The number of benzene rings is 1. The number of likely N-dealkylation sites (N-methyl/N-ethyl adjacent to an activating group) is 1. The van der Waals surface area contributed by atoms with Crippen LogP contribution < -0.4 is 5.32 Å². The number of nitrogens with one attached hydrogen (secondary N) is 1. The molecule has 3 heteroatoms. The summed E-state index contributed by atoms with van der Waals surface area (Å²) in [5.41, 5.74) is 2.71. The van der Waals surface area contributed by atoms with E-state index in [1.807, 2.05) is 0 Å². The zero-order chi connectivity index (χ0) is 11.5. The fraction of sp³-hybridized carbons (Fsp3) is 0.538. The predicted octanol–water partition coefficient (Wildman–Crippen LogP) is 2.20. The van der Waals surface area contributed by atoms with Crippen LogP contribution in [-0.2, 0) is 6.42 Å². The molecule has 1 N–H and O–H groups in total. The highest BCUT2D eigenvalue weighted by Crippen LogP contribution is 2.18.